The van der Waals surface area contributed by atoms with Gasteiger partial charge in [0.05, 0.1) is 12.8 Å². The van der Waals surface area contributed by atoms with Crippen LogP contribution in [0.15, 0.2) is 84.5 Å². The van der Waals surface area contributed by atoms with Crippen LogP contribution < -0.4 is 15.4 Å². The SMILES string of the molecule is COc1cccc(/C=C/C(=O)Nc2ccc(Nc3nc(-c4ccncc4)cs3)cc2)c1. The van der Waals surface area contributed by atoms with Crippen LogP contribution >= 0.6 is 11.3 Å². The minimum absolute atomic E-state index is 0.203. The quantitative estimate of drug-likeness (QED) is 0.374. The first-order chi connectivity index (χ1) is 15.2. The summed E-state index contributed by atoms with van der Waals surface area (Å²) in [6, 6.07) is 18.9. The first kappa shape index (κ1) is 20.3. The highest BCUT2D eigenvalue weighted by Gasteiger charge is 2.05. The van der Waals surface area contributed by atoms with Crippen LogP contribution in [0.4, 0.5) is 16.5 Å². The molecule has 4 rings (SSSR count). The van der Waals surface area contributed by atoms with Crippen LogP contribution in [0.5, 0.6) is 5.75 Å². The summed E-state index contributed by atoms with van der Waals surface area (Å²) in [6.07, 6.45) is 6.75. The van der Waals surface area contributed by atoms with E-state index in [2.05, 4.69) is 20.6 Å². The zero-order valence-corrected chi connectivity index (χ0v) is 17.6. The molecule has 0 atom stereocenters. The predicted octanol–water partition coefficient (Wildman–Crippen LogP) is 5.61. The zero-order valence-electron chi connectivity index (χ0n) is 16.8. The van der Waals surface area contributed by atoms with Gasteiger partial charge in [-0.2, -0.15) is 0 Å². The van der Waals surface area contributed by atoms with Crippen molar-refractivity contribution in [3.05, 3.63) is 90.1 Å². The molecule has 0 aliphatic heterocycles. The molecule has 2 N–H and O–H groups in total. The van der Waals surface area contributed by atoms with E-state index in [1.165, 1.54) is 17.4 Å². The van der Waals surface area contributed by atoms with Gasteiger partial charge >= 0.3 is 0 Å². The third kappa shape index (κ3) is 5.55. The van der Waals surface area contributed by atoms with Gasteiger partial charge in [0.2, 0.25) is 5.91 Å². The Morgan fingerprint density at radius 3 is 2.58 bits per heavy atom. The topological polar surface area (TPSA) is 76.1 Å². The summed E-state index contributed by atoms with van der Waals surface area (Å²) in [7, 11) is 1.61. The number of hydrogen-bond acceptors (Lipinski definition) is 6. The van der Waals surface area contributed by atoms with Crippen LogP contribution in [0.2, 0.25) is 0 Å². The van der Waals surface area contributed by atoms with Crippen molar-refractivity contribution in [1.29, 1.82) is 0 Å². The van der Waals surface area contributed by atoms with Gasteiger partial charge in [0.1, 0.15) is 5.75 Å². The van der Waals surface area contributed by atoms with E-state index >= 15 is 0 Å². The Balaban J connectivity index is 1.34. The van der Waals surface area contributed by atoms with Crippen LogP contribution in [-0.2, 0) is 4.79 Å². The maximum absolute atomic E-state index is 12.2. The number of rotatable bonds is 7. The third-order valence-electron chi connectivity index (χ3n) is 4.40. The summed E-state index contributed by atoms with van der Waals surface area (Å²) < 4.78 is 5.19. The van der Waals surface area contributed by atoms with Gasteiger partial charge in [-0.05, 0) is 60.2 Å². The summed E-state index contributed by atoms with van der Waals surface area (Å²) in [5, 5.41) is 8.94. The highest BCUT2D eigenvalue weighted by Crippen LogP contribution is 2.27. The van der Waals surface area contributed by atoms with Crippen molar-refractivity contribution in [1.82, 2.24) is 9.97 Å². The molecule has 31 heavy (non-hydrogen) atoms. The summed E-state index contributed by atoms with van der Waals surface area (Å²) in [5.74, 6) is 0.546. The molecule has 6 nitrogen and oxygen atoms in total. The lowest BCUT2D eigenvalue weighted by molar-refractivity contribution is -0.111. The molecule has 0 unspecified atom stereocenters. The molecule has 0 fully saturated rings. The summed E-state index contributed by atoms with van der Waals surface area (Å²) in [4.78, 5) is 20.8. The van der Waals surface area contributed by atoms with Crippen LogP contribution in [0, 0.1) is 0 Å². The van der Waals surface area contributed by atoms with Gasteiger partial charge in [0, 0.05) is 40.8 Å². The zero-order chi connectivity index (χ0) is 21.5. The highest BCUT2D eigenvalue weighted by molar-refractivity contribution is 7.14. The summed E-state index contributed by atoms with van der Waals surface area (Å²) >= 11 is 1.53. The normalized spacial score (nSPS) is 10.7. The fourth-order valence-corrected chi connectivity index (χ4v) is 3.59. The van der Waals surface area contributed by atoms with Gasteiger partial charge in [-0.25, -0.2) is 4.98 Å². The number of aromatic nitrogens is 2. The van der Waals surface area contributed by atoms with E-state index in [1.807, 2.05) is 66.0 Å². The lowest BCUT2D eigenvalue weighted by Gasteiger charge is -2.06. The van der Waals surface area contributed by atoms with E-state index in [4.69, 9.17) is 4.74 Å². The Morgan fingerprint density at radius 2 is 1.81 bits per heavy atom. The molecule has 7 heteroatoms. The molecule has 0 aliphatic carbocycles. The summed E-state index contributed by atoms with van der Waals surface area (Å²) in [5.41, 5.74) is 4.42. The van der Waals surface area contributed by atoms with Crippen molar-refractivity contribution in [3.63, 3.8) is 0 Å². The number of carbonyl (C=O) groups is 1. The molecular weight excluding hydrogens is 408 g/mol. The Kier molecular flexibility index (Phi) is 6.35. The second kappa shape index (κ2) is 9.69. The van der Waals surface area contributed by atoms with Crippen LogP contribution in [0.1, 0.15) is 5.56 Å². The first-order valence-corrected chi connectivity index (χ1v) is 10.4. The number of methoxy groups -OCH3 is 1. The molecular formula is C24H20N4O2S. The largest absolute Gasteiger partial charge is 0.497 e. The molecule has 0 aliphatic rings. The van der Waals surface area contributed by atoms with Crippen LogP contribution in [-0.4, -0.2) is 23.0 Å². The van der Waals surface area contributed by atoms with E-state index in [9.17, 15) is 4.79 Å². The lowest BCUT2D eigenvalue weighted by Crippen LogP contribution is -2.07. The number of amides is 1. The molecule has 0 bridgehead atoms. The smallest absolute Gasteiger partial charge is 0.248 e. The standard InChI is InChI=1S/C24H20N4O2S/c1-30-21-4-2-3-17(15-21)5-10-23(29)26-19-6-8-20(9-7-19)27-24-28-22(16-31-24)18-11-13-25-14-12-18/h2-16H,1H3,(H,26,29)(H,27,28)/b10-5+. The Bertz CT molecular complexity index is 1190. The molecule has 0 saturated heterocycles. The average molecular weight is 429 g/mol. The van der Waals surface area contributed by atoms with Gasteiger partial charge in [0.15, 0.2) is 5.13 Å². The maximum Gasteiger partial charge on any atom is 0.248 e. The van der Waals surface area contributed by atoms with Crippen molar-refractivity contribution in [2.45, 2.75) is 0 Å². The Hall–Kier alpha value is -3.97. The number of nitrogens with one attached hydrogen (secondary N) is 2. The second-order valence-corrected chi connectivity index (χ2v) is 7.43. The number of carbonyl (C=O) groups excluding carboxylic acids is 1. The number of nitrogens with zero attached hydrogens (tertiary/aromatic N) is 2. The maximum atomic E-state index is 12.2. The van der Waals surface area contributed by atoms with Crippen molar-refractivity contribution < 1.29 is 9.53 Å². The second-order valence-electron chi connectivity index (χ2n) is 6.58. The monoisotopic (exact) mass is 428 g/mol. The first-order valence-electron chi connectivity index (χ1n) is 9.56. The number of benzene rings is 2. The molecule has 0 saturated carbocycles. The minimum Gasteiger partial charge on any atom is -0.497 e. The Morgan fingerprint density at radius 1 is 1.03 bits per heavy atom. The van der Waals surface area contributed by atoms with Gasteiger partial charge in [-0.1, -0.05) is 12.1 Å². The fraction of sp³-hybridized carbons (Fsp3) is 0.0417. The summed E-state index contributed by atoms with van der Waals surface area (Å²) in [6.45, 7) is 0. The van der Waals surface area contributed by atoms with Crippen LogP contribution in [0.25, 0.3) is 17.3 Å². The molecule has 154 valence electrons. The number of thiazole rings is 1. The number of anilines is 3. The molecule has 1 amide bonds. The van der Waals surface area contributed by atoms with Gasteiger partial charge < -0.3 is 15.4 Å². The number of pyridine rings is 1. The van der Waals surface area contributed by atoms with E-state index in [-0.39, 0.29) is 5.91 Å². The molecule has 2 aromatic heterocycles. The molecule has 2 heterocycles. The van der Waals surface area contributed by atoms with E-state index < -0.39 is 0 Å². The van der Waals surface area contributed by atoms with Crippen molar-refractivity contribution in [3.8, 4) is 17.0 Å². The molecule has 2 aromatic carbocycles. The molecule has 0 spiro atoms. The minimum atomic E-state index is -0.203. The predicted molar refractivity (Wildman–Crippen MR) is 126 cm³/mol. The Labute approximate surface area is 184 Å². The lowest BCUT2D eigenvalue weighted by atomic mass is 10.2. The van der Waals surface area contributed by atoms with Gasteiger partial charge in [-0.15, -0.1) is 11.3 Å². The van der Waals surface area contributed by atoms with E-state index in [0.29, 0.717) is 5.69 Å². The van der Waals surface area contributed by atoms with E-state index in [0.717, 1.165) is 33.4 Å². The van der Waals surface area contributed by atoms with Crippen LogP contribution in [0.3, 0.4) is 0 Å². The van der Waals surface area contributed by atoms with E-state index in [1.54, 1.807) is 25.6 Å². The molecule has 4 aromatic rings. The van der Waals surface area contributed by atoms with Gasteiger partial charge in [-0.3, -0.25) is 9.78 Å². The van der Waals surface area contributed by atoms with Crippen molar-refractivity contribution in [2.75, 3.05) is 17.7 Å². The average Bonchev–Trinajstić information content (AvgIpc) is 3.28. The van der Waals surface area contributed by atoms with Crippen molar-refractivity contribution >= 4 is 39.8 Å². The molecule has 0 radical (unpaired) electrons. The number of ether oxygens (including phenoxy) is 1. The fourth-order valence-electron chi connectivity index (χ4n) is 2.85. The number of hydrogen-bond donors (Lipinski definition) is 2. The van der Waals surface area contributed by atoms with Gasteiger partial charge in [0.25, 0.3) is 0 Å². The van der Waals surface area contributed by atoms with Crippen molar-refractivity contribution in [2.24, 2.45) is 0 Å². The third-order valence-corrected chi connectivity index (χ3v) is 5.16. The highest BCUT2D eigenvalue weighted by atomic mass is 32.1.